The molecular weight excluding hydrogens is 408 g/mol. The van der Waals surface area contributed by atoms with Crippen LogP contribution < -0.4 is 5.32 Å². The lowest BCUT2D eigenvalue weighted by Gasteiger charge is -2.19. The standard InChI is InChI=1S/C24H26N4O4/c1-14-10-15(2)22(16(3)11-14)26-21(29)13-27(5)23(30)18-6-8-19(9-7-18)28-17(4)20(12-25-28)24(31)32/h6-12H,13H2,1-5H3,(H,26,29)(H,31,32). The van der Waals surface area contributed by atoms with Gasteiger partial charge in [0.2, 0.25) is 5.91 Å². The molecule has 2 N–H and O–H groups in total. The first-order chi connectivity index (χ1) is 15.1. The van der Waals surface area contributed by atoms with Crippen LogP contribution in [-0.2, 0) is 4.79 Å². The number of carbonyl (C=O) groups excluding carboxylic acids is 2. The minimum Gasteiger partial charge on any atom is -0.478 e. The Morgan fingerprint density at radius 3 is 2.16 bits per heavy atom. The molecule has 0 aliphatic rings. The third kappa shape index (κ3) is 4.69. The zero-order chi connectivity index (χ0) is 23.6. The van der Waals surface area contributed by atoms with Crippen molar-refractivity contribution >= 4 is 23.5 Å². The Morgan fingerprint density at radius 1 is 1.03 bits per heavy atom. The number of carboxylic acid groups (broad SMARTS) is 1. The van der Waals surface area contributed by atoms with Crippen molar-refractivity contribution in [1.29, 1.82) is 0 Å². The van der Waals surface area contributed by atoms with Crippen LogP contribution >= 0.6 is 0 Å². The van der Waals surface area contributed by atoms with Gasteiger partial charge in [-0.15, -0.1) is 0 Å². The van der Waals surface area contributed by atoms with E-state index in [9.17, 15) is 19.5 Å². The van der Waals surface area contributed by atoms with Crippen LogP contribution in [0.15, 0.2) is 42.6 Å². The number of carbonyl (C=O) groups is 3. The summed E-state index contributed by atoms with van der Waals surface area (Å²) in [5.74, 6) is -1.62. The molecule has 166 valence electrons. The van der Waals surface area contributed by atoms with E-state index in [-0.39, 0.29) is 23.9 Å². The maximum atomic E-state index is 12.8. The summed E-state index contributed by atoms with van der Waals surface area (Å²) in [4.78, 5) is 37.8. The number of nitrogens with one attached hydrogen (secondary N) is 1. The lowest BCUT2D eigenvalue weighted by molar-refractivity contribution is -0.116. The molecule has 3 aromatic rings. The molecule has 0 saturated carbocycles. The molecule has 0 fully saturated rings. The van der Waals surface area contributed by atoms with Gasteiger partial charge in [-0.3, -0.25) is 9.59 Å². The zero-order valence-electron chi connectivity index (χ0n) is 18.8. The van der Waals surface area contributed by atoms with E-state index in [1.165, 1.54) is 15.8 Å². The maximum absolute atomic E-state index is 12.8. The molecule has 1 aromatic heterocycles. The minimum absolute atomic E-state index is 0.0897. The normalized spacial score (nSPS) is 10.7. The average Bonchev–Trinajstić information content (AvgIpc) is 3.11. The van der Waals surface area contributed by atoms with E-state index in [0.29, 0.717) is 16.9 Å². The lowest BCUT2D eigenvalue weighted by atomic mass is 10.1. The predicted molar refractivity (Wildman–Crippen MR) is 122 cm³/mol. The number of likely N-dealkylation sites (N-methyl/N-ethyl adjacent to an activating group) is 1. The topological polar surface area (TPSA) is 105 Å². The monoisotopic (exact) mass is 434 g/mol. The van der Waals surface area contributed by atoms with E-state index in [4.69, 9.17) is 0 Å². The van der Waals surface area contributed by atoms with Crippen molar-refractivity contribution in [3.05, 3.63) is 76.1 Å². The number of rotatable bonds is 6. The highest BCUT2D eigenvalue weighted by Gasteiger charge is 2.18. The predicted octanol–water partition coefficient (Wildman–Crippen LogP) is 3.51. The Balaban J connectivity index is 1.68. The van der Waals surface area contributed by atoms with E-state index in [2.05, 4.69) is 10.4 Å². The van der Waals surface area contributed by atoms with E-state index in [1.54, 1.807) is 38.2 Å². The van der Waals surface area contributed by atoms with Crippen LogP contribution in [-0.4, -0.2) is 51.2 Å². The Labute approximate surface area is 186 Å². The Morgan fingerprint density at radius 2 is 1.62 bits per heavy atom. The summed E-state index contributed by atoms with van der Waals surface area (Å²) in [5, 5.41) is 16.2. The SMILES string of the molecule is Cc1cc(C)c(NC(=O)CN(C)C(=O)c2ccc(-n3ncc(C(=O)O)c3C)cc2)c(C)c1. The van der Waals surface area contributed by atoms with Crippen LogP contribution in [0.2, 0.25) is 0 Å². The number of aromatic nitrogens is 2. The number of aryl methyl sites for hydroxylation is 3. The van der Waals surface area contributed by atoms with Gasteiger partial charge < -0.3 is 15.3 Å². The number of hydrogen-bond acceptors (Lipinski definition) is 4. The Hall–Kier alpha value is -3.94. The fourth-order valence-electron chi connectivity index (χ4n) is 3.69. The third-order valence-electron chi connectivity index (χ3n) is 5.27. The van der Waals surface area contributed by atoms with Crippen molar-refractivity contribution in [2.45, 2.75) is 27.7 Å². The molecule has 0 radical (unpaired) electrons. The summed E-state index contributed by atoms with van der Waals surface area (Å²) in [7, 11) is 1.57. The number of benzene rings is 2. The molecule has 3 rings (SSSR count). The lowest BCUT2D eigenvalue weighted by Crippen LogP contribution is -2.35. The first kappa shape index (κ1) is 22.7. The van der Waals surface area contributed by atoms with Gasteiger partial charge in [0.05, 0.1) is 24.1 Å². The molecule has 0 aliphatic heterocycles. The highest BCUT2D eigenvalue weighted by Crippen LogP contribution is 2.22. The van der Waals surface area contributed by atoms with Crippen molar-refractivity contribution in [3.8, 4) is 5.69 Å². The average molecular weight is 434 g/mol. The molecule has 0 spiro atoms. The number of carboxylic acids is 1. The highest BCUT2D eigenvalue weighted by molar-refractivity contribution is 5.99. The Bertz CT molecular complexity index is 1170. The molecule has 1 heterocycles. The summed E-state index contributed by atoms with van der Waals surface area (Å²) in [5.41, 5.74) is 5.49. The van der Waals surface area contributed by atoms with Gasteiger partial charge in [0.15, 0.2) is 0 Å². The van der Waals surface area contributed by atoms with Gasteiger partial charge in [0.1, 0.15) is 5.56 Å². The zero-order valence-corrected chi connectivity index (χ0v) is 18.8. The molecular formula is C24H26N4O4. The summed E-state index contributed by atoms with van der Waals surface area (Å²) < 4.78 is 1.50. The molecule has 2 aromatic carbocycles. The van der Waals surface area contributed by atoms with Crippen molar-refractivity contribution in [2.24, 2.45) is 0 Å². The number of aromatic carboxylic acids is 1. The Kier molecular flexibility index (Phi) is 6.43. The molecule has 0 unspecified atom stereocenters. The van der Waals surface area contributed by atoms with Crippen LogP contribution in [0.4, 0.5) is 5.69 Å². The smallest absolute Gasteiger partial charge is 0.339 e. The fraction of sp³-hybridized carbons (Fsp3) is 0.250. The first-order valence-corrected chi connectivity index (χ1v) is 10.1. The van der Waals surface area contributed by atoms with Crippen molar-refractivity contribution in [3.63, 3.8) is 0 Å². The van der Waals surface area contributed by atoms with Crippen LogP contribution in [0, 0.1) is 27.7 Å². The van der Waals surface area contributed by atoms with Gasteiger partial charge in [-0.25, -0.2) is 9.48 Å². The molecule has 2 amide bonds. The van der Waals surface area contributed by atoms with Crippen LogP contribution in [0.3, 0.4) is 0 Å². The van der Waals surface area contributed by atoms with E-state index < -0.39 is 5.97 Å². The van der Waals surface area contributed by atoms with Crippen molar-refractivity contribution in [1.82, 2.24) is 14.7 Å². The van der Waals surface area contributed by atoms with Crippen molar-refractivity contribution < 1.29 is 19.5 Å². The third-order valence-corrected chi connectivity index (χ3v) is 5.27. The molecule has 0 bridgehead atoms. The fourth-order valence-corrected chi connectivity index (χ4v) is 3.69. The molecule has 8 nitrogen and oxygen atoms in total. The summed E-state index contributed by atoms with van der Waals surface area (Å²) in [6, 6.07) is 10.6. The number of hydrogen-bond donors (Lipinski definition) is 2. The number of anilines is 1. The minimum atomic E-state index is -1.04. The van der Waals surface area contributed by atoms with E-state index in [0.717, 1.165) is 22.4 Å². The van der Waals surface area contributed by atoms with E-state index >= 15 is 0 Å². The maximum Gasteiger partial charge on any atom is 0.339 e. The quantitative estimate of drug-likeness (QED) is 0.618. The van der Waals surface area contributed by atoms with Gasteiger partial charge in [-0.05, 0) is 63.1 Å². The van der Waals surface area contributed by atoms with Crippen LogP contribution in [0.25, 0.3) is 5.69 Å². The first-order valence-electron chi connectivity index (χ1n) is 10.1. The summed E-state index contributed by atoms with van der Waals surface area (Å²) in [6.45, 7) is 7.45. The van der Waals surface area contributed by atoms with Gasteiger partial charge in [-0.2, -0.15) is 5.10 Å². The van der Waals surface area contributed by atoms with Gasteiger partial charge >= 0.3 is 5.97 Å². The van der Waals surface area contributed by atoms with Gasteiger partial charge in [0.25, 0.3) is 5.91 Å². The largest absolute Gasteiger partial charge is 0.478 e. The molecule has 8 heteroatoms. The second kappa shape index (κ2) is 9.05. The summed E-state index contributed by atoms with van der Waals surface area (Å²) in [6.07, 6.45) is 1.29. The molecule has 0 saturated heterocycles. The molecule has 0 atom stereocenters. The van der Waals surface area contributed by atoms with Gasteiger partial charge in [-0.1, -0.05) is 17.7 Å². The van der Waals surface area contributed by atoms with Gasteiger partial charge in [0, 0.05) is 18.3 Å². The van der Waals surface area contributed by atoms with Crippen LogP contribution in [0.1, 0.15) is 43.1 Å². The highest BCUT2D eigenvalue weighted by atomic mass is 16.4. The van der Waals surface area contributed by atoms with Crippen LogP contribution in [0.5, 0.6) is 0 Å². The van der Waals surface area contributed by atoms with Crippen molar-refractivity contribution in [2.75, 3.05) is 18.9 Å². The van der Waals surface area contributed by atoms with E-state index in [1.807, 2.05) is 32.9 Å². The summed E-state index contributed by atoms with van der Waals surface area (Å²) >= 11 is 0. The second-order valence-corrected chi connectivity index (χ2v) is 7.89. The molecule has 32 heavy (non-hydrogen) atoms. The second-order valence-electron chi connectivity index (χ2n) is 7.89. The number of amides is 2. The number of nitrogens with zero attached hydrogens (tertiary/aromatic N) is 3. The molecule has 0 aliphatic carbocycles.